The number of amides is 1. The van der Waals surface area contributed by atoms with Crippen LogP contribution in [-0.4, -0.2) is 38.0 Å². The Balaban J connectivity index is 1.77. The first-order chi connectivity index (χ1) is 15.0. The van der Waals surface area contributed by atoms with Gasteiger partial charge in [0.1, 0.15) is 5.75 Å². The maximum atomic E-state index is 13.3. The van der Waals surface area contributed by atoms with Crippen molar-refractivity contribution < 1.29 is 23.4 Å². The third-order valence-corrected chi connectivity index (χ3v) is 5.54. The lowest BCUT2D eigenvalue weighted by Crippen LogP contribution is -2.27. The van der Waals surface area contributed by atoms with Crippen molar-refractivity contribution in [2.24, 2.45) is 5.10 Å². The predicted octanol–water partition coefficient (Wildman–Crippen LogP) is 5.06. The molecule has 0 saturated heterocycles. The number of carbonyl (C=O) groups excluding carboxylic acids is 1. The zero-order valence-corrected chi connectivity index (χ0v) is 18.9. The van der Waals surface area contributed by atoms with Crippen LogP contribution in [0.1, 0.15) is 34.1 Å². The molecule has 31 heavy (non-hydrogen) atoms. The highest BCUT2D eigenvalue weighted by molar-refractivity contribution is 9.10. The van der Waals surface area contributed by atoms with E-state index in [1.807, 2.05) is 42.5 Å². The van der Waals surface area contributed by atoms with E-state index in [-0.39, 0.29) is 17.7 Å². The molecule has 1 aromatic heterocycles. The van der Waals surface area contributed by atoms with E-state index in [1.165, 1.54) is 5.01 Å². The van der Waals surface area contributed by atoms with Gasteiger partial charge in [-0.3, -0.25) is 4.79 Å². The largest absolute Gasteiger partial charge is 0.496 e. The molecule has 160 valence electrons. The lowest BCUT2D eigenvalue weighted by Gasteiger charge is -2.22. The lowest BCUT2D eigenvalue weighted by molar-refractivity contribution is 0.0675. The molecular formula is C23H21BrN2O5. The van der Waals surface area contributed by atoms with Gasteiger partial charge in [0.2, 0.25) is 0 Å². The monoisotopic (exact) mass is 484 g/mol. The second-order valence-corrected chi connectivity index (χ2v) is 7.61. The minimum absolute atomic E-state index is 0.198. The van der Waals surface area contributed by atoms with E-state index in [0.29, 0.717) is 28.3 Å². The van der Waals surface area contributed by atoms with Crippen LogP contribution in [0.15, 0.2) is 68.8 Å². The summed E-state index contributed by atoms with van der Waals surface area (Å²) in [6, 6.07) is 16.1. The fourth-order valence-corrected chi connectivity index (χ4v) is 3.92. The van der Waals surface area contributed by atoms with Crippen LogP contribution < -0.4 is 14.2 Å². The summed E-state index contributed by atoms with van der Waals surface area (Å²) in [5, 5.41) is 6.13. The number of hydrazone groups is 1. The number of methoxy groups -OCH3 is 3. The van der Waals surface area contributed by atoms with Crippen LogP contribution >= 0.6 is 15.9 Å². The molecule has 0 bridgehead atoms. The number of furan rings is 1. The smallest absolute Gasteiger partial charge is 0.310 e. The summed E-state index contributed by atoms with van der Waals surface area (Å²) in [7, 11) is 4.78. The molecule has 0 fully saturated rings. The maximum Gasteiger partial charge on any atom is 0.310 e. The number of hydrogen-bond acceptors (Lipinski definition) is 6. The quantitative estimate of drug-likeness (QED) is 0.488. The average molecular weight is 485 g/mol. The van der Waals surface area contributed by atoms with Crippen molar-refractivity contribution in [2.75, 3.05) is 21.3 Å². The number of rotatable bonds is 6. The molecule has 1 aliphatic heterocycles. The fraction of sp³-hybridized carbons (Fsp3) is 0.217. The standard InChI is InChI=1S/C23H21BrN2O5/c1-28-18-7-5-4-6-15(18)17-13-16(14-8-9-19(29-2)21(12-14)30-3)25-26(17)23(27)20-10-11-22(24)31-20/h4-12,17H,13H2,1-3H3. The van der Waals surface area contributed by atoms with Crippen LogP contribution in [-0.2, 0) is 0 Å². The summed E-state index contributed by atoms with van der Waals surface area (Å²) in [5.74, 6) is 1.77. The second-order valence-electron chi connectivity index (χ2n) is 6.83. The summed E-state index contributed by atoms with van der Waals surface area (Å²) >= 11 is 3.25. The van der Waals surface area contributed by atoms with Gasteiger partial charge in [-0.1, -0.05) is 18.2 Å². The van der Waals surface area contributed by atoms with Crippen molar-refractivity contribution in [2.45, 2.75) is 12.5 Å². The molecule has 0 aliphatic carbocycles. The number of nitrogens with zero attached hydrogens (tertiary/aromatic N) is 2. The van der Waals surface area contributed by atoms with Crippen LogP contribution in [0.3, 0.4) is 0 Å². The summed E-state index contributed by atoms with van der Waals surface area (Å²) in [6.45, 7) is 0. The lowest BCUT2D eigenvalue weighted by atomic mass is 9.97. The Morgan fingerprint density at radius 2 is 1.74 bits per heavy atom. The van der Waals surface area contributed by atoms with Crippen molar-refractivity contribution in [3.63, 3.8) is 0 Å². The van der Waals surface area contributed by atoms with E-state index >= 15 is 0 Å². The van der Waals surface area contributed by atoms with Gasteiger partial charge in [-0.15, -0.1) is 0 Å². The highest BCUT2D eigenvalue weighted by Gasteiger charge is 2.36. The Hall–Kier alpha value is -3.26. The average Bonchev–Trinajstić information content (AvgIpc) is 3.45. The van der Waals surface area contributed by atoms with Gasteiger partial charge < -0.3 is 18.6 Å². The maximum absolute atomic E-state index is 13.3. The topological polar surface area (TPSA) is 73.5 Å². The van der Waals surface area contributed by atoms with Crippen LogP contribution in [0.4, 0.5) is 0 Å². The number of halogens is 1. The summed E-state index contributed by atoms with van der Waals surface area (Å²) < 4.78 is 22.3. The minimum Gasteiger partial charge on any atom is -0.496 e. The molecule has 1 aliphatic rings. The fourth-order valence-electron chi connectivity index (χ4n) is 3.61. The van der Waals surface area contributed by atoms with Crippen molar-refractivity contribution in [3.8, 4) is 17.2 Å². The molecule has 0 N–H and O–H groups in total. The van der Waals surface area contributed by atoms with Gasteiger partial charge >= 0.3 is 5.91 Å². The van der Waals surface area contributed by atoms with Gasteiger partial charge in [-0.05, 0) is 52.3 Å². The van der Waals surface area contributed by atoms with Crippen molar-refractivity contribution >= 4 is 27.5 Å². The third-order valence-electron chi connectivity index (χ3n) is 5.12. The van der Waals surface area contributed by atoms with Gasteiger partial charge in [-0.25, -0.2) is 5.01 Å². The van der Waals surface area contributed by atoms with E-state index in [0.717, 1.165) is 16.8 Å². The third kappa shape index (κ3) is 4.03. The molecule has 1 amide bonds. The number of hydrogen-bond donors (Lipinski definition) is 0. The summed E-state index contributed by atoms with van der Waals surface area (Å²) in [6.07, 6.45) is 0.503. The molecule has 0 radical (unpaired) electrons. The summed E-state index contributed by atoms with van der Waals surface area (Å²) in [4.78, 5) is 13.3. The normalized spacial score (nSPS) is 15.5. The highest BCUT2D eigenvalue weighted by atomic mass is 79.9. The molecular weight excluding hydrogens is 464 g/mol. The van der Waals surface area contributed by atoms with Crippen LogP contribution in [0.25, 0.3) is 0 Å². The van der Waals surface area contributed by atoms with Crippen molar-refractivity contribution in [1.82, 2.24) is 5.01 Å². The molecule has 4 rings (SSSR count). The number of benzene rings is 2. The van der Waals surface area contributed by atoms with E-state index in [1.54, 1.807) is 33.5 Å². The zero-order valence-electron chi connectivity index (χ0n) is 17.3. The molecule has 1 atom stereocenters. The Morgan fingerprint density at radius 3 is 2.42 bits per heavy atom. The molecule has 0 spiro atoms. The van der Waals surface area contributed by atoms with Crippen LogP contribution in [0, 0.1) is 0 Å². The van der Waals surface area contributed by atoms with E-state index < -0.39 is 0 Å². The Morgan fingerprint density at radius 1 is 1.00 bits per heavy atom. The Kier molecular flexibility index (Phi) is 5.99. The molecule has 8 heteroatoms. The van der Waals surface area contributed by atoms with Crippen LogP contribution in [0.2, 0.25) is 0 Å². The van der Waals surface area contributed by atoms with Gasteiger partial charge in [-0.2, -0.15) is 5.10 Å². The molecule has 1 unspecified atom stereocenters. The molecule has 2 aromatic carbocycles. The Bertz CT molecular complexity index is 1140. The van der Waals surface area contributed by atoms with Gasteiger partial charge in [0.25, 0.3) is 0 Å². The predicted molar refractivity (Wildman–Crippen MR) is 119 cm³/mol. The van der Waals surface area contributed by atoms with Crippen molar-refractivity contribution in [3.05, 3.63) is 76.2 Å². The van der Waals surface area contributed by atoms with Crippen molar-refractivity contribution in [1.29, 1.82) is 0 Å². The SMILES string of the molecule is COc1ccc(C2=NN(C(=O)c3ccc(Br)o3)C(c3ccccc3OC)C2)cc1OC. The van der Waals surface area contributed by atoms with E-state index in [2.05, 4.69) is 21.0 Å². The molecule has 0 saturated carbocycles. The first kappa shape index (κ1) is 21.0. The second kappa shape index (κ2) is 8.85. The highest BCUT2D eigenvalue weighted by Crippen LogP contribution is 2.39. The zero-order chi connectivity index (χ0) is 22.0. The van der Waals surface area contributed by atoms with Gasteiger partial charge in [0, 0.05) is 17.5 Å². The molecule has 3 aromatic rings. The van der Waals surface area contributed by atoms with Gasteiger partial charge in [0.05, 0.1) is 33.1 Å². The number of carbonyl (C=O) groups is 1. The number of para-hydroxylation sites is 1. The Labute approximate surface area is 188 Å². The molecule has 2 heterocycles. The number of ether oxygens (including phenoxy) is 3. The van der Waals surface area contributed by atoms with E-state index in [4.69, 9.17) is 18.6 Å². The minimum atomic E-state index is -0.351. The first-order valence-electron chi connectivity index (χ1n) is 9.57. The van der Waals surface area contributed by atoms with Crippen LogP contribution in [0.5, 0.6) is 17.2 Å². The van der Waals surface area contributed by atoms with Gasteiger partial charge in [0.15, 0.2) is 21.9 Å². The first-order valence-corrected chi connectivity index (χ1v) is 10.4. The van der Waals surface area contributed by atoms with E-state index in [9.17, 15) is 4.79 Å². The molecule has 7 nitrogen and oxygen atoms in total. The summed E-state index contributed by atoms with van der Waals surface area (Å²) in [5.41, 5.74) is 2.45.